The molecule has 216 valence electrons. The van der Waals surface area contributed by atoms with Gasteiger partial charge in [0.2, 0.25) is 12.0 Å². The summed E-state index contributed by atoms with van der Waals surface area (Å²) in [6.07, 6.45) is -1.24. The molecule has 0 spiro atoms. The van der Waals surface area contributed by atoms with Crippen LogP contribution in [0.1, 0.15) is 59.1 Å². The highest BCUT2D eigenvalue weighted by atomic mass is 35.5. The van der Waals surface area contributed by atoms with Crippen LogP contribution >= 0.6 is 11.6 Å². The number of halogens is 2. The SMILES string of the molecule is CC(OC(=O)O[C@@H]1C[C@H](C)CC[C@H]1C(C)C)OC(=O)C1(N)C(OCc2cccc(Cl)n2)CC2C1C2(F)C(=O)O. The van der Waals surface area contributed by atoms with Gasteiger partial charge in [0.05, 0.1) is 18.4 Å². The van der Waals surface area contributed by atoms with Crippen molar-refractivity contribution in [3.05, 3.63) is 29.0 Å². The average Bonchev–Trinajstić information content (AvgIpc) is 3.32. The lowest BCUT2D eigenvalue weighted by Gasteiger charge is -2.36. The molecule has 9 atom stereocenters. The number of pyridine rings is 1. The highest BCUT2D eigenvalue weighted by molar-refractivity contribution is 6.29. The topological polar surface area (TPSA) is 147 Å². The summed E-state index contributed by atoms with van der Waals surface area (Å²) in [7, 11) is 0. The largest absolute Gasteiger partial charge is 0.511 e. The summed E-state index contributed by atoms with van der Waals surface area (Å²) in [6.45, 7) is 7.45. The summed E-state index contributed by atoms with van der Waals surface area (Å²) < 4.78 is 37.1. The van der Waals surface area contributed by atoms with Crippen molar-refractivity contribution in [3.63, 3.8) is 0 Å². The van der Waals surface area contributed by atoms with Gasteiger partial charge in [0, 0.05) is 18.8 Å². The van der Waals surface area contributed by atoms with Crippen molar-refractivity contribution in [1.82, 2.24) is 4.98 Å². The van der Waals surface area contributed by atoms with E-state index in [1.807, 2.05) is 0 Å². The maximum Gasteiger partial charge on any atom is 0.511 e. The highest BCUT2D eigenvalue weighted by Crippen LogP contribution is 2.67. The van der Waals surface area contributed by atoms with E-state index in [4.69, 9.17) is 36.3 Å². The number of hydrogen-bond acceptors (Lipinski definition) is 9. The van der Waals surface area contributed by atoms with Gasteiger partial charge in [-0.2, -0.15) is 0 Å². The van der Waals surface area contributed by atoms with E-state index >= 15 is 4.39 Å². The number of carbonyl (C=O) groups is 3. The summed E-state index contributed by atoms with van der Waals surface area (Å²) in [5.41, 5.74) is 2.03. The van der Waals surface area contributed by atoms with Gasteiger partial charge in [0.1, 0.15) is 16.8 Å². The molecule has 12 heteroatoms. The van der Waals surface area contributed by atoms with E-state index in [1.54, 1.807) is 18.2 Å². The van der Waals surface area contributed by atoms with Gasteiger partial charge in [-0.15, -0.1) is 0 Å². The van der Waals surface area contributed by atoms with Gasteiger partial charge in [-0.3, -0.25) is 0 Å². The van der Waals surface area contributed by atoms with Crippen LogP contribution in [0.5, 0.6) is 0 Å². The van der Waals surface area contributed by atoms with E-state index in [0.717, 1.165) is 12.8 Å². The third-order valence-corrected chi connectivity index (χ3v) is 8.64. The number of fused-ring (bicyclic) bond motifs is 1. The standard InChI is InChI=1S/C27H36ClFN2O8/c1-13(2)17-9-8-14(3)10-19(17)39-25(35)38-15(4)37-24(34)27(30)20(11-18-22(27)26(18,29)23(32)33)36-12-16-6-5-7-21(28)31-16/h5-7,13-15,17-20,22H,8-12,30H2,1-4H3,(H,32,33)/t14-,15?,17+,18?,19-,20?,22?,26?,27?/m1/s1. The molecule has 3 fully saturated rings. The maximum absolute atomic E-state index is 15.2. The minimum Gasteiger partial charge on any atom is -0.479 e. The predicted molar refractivity (Wildman–Crippen MR) is 136 cm³/mol. The average molecular weight is 571 g/mol. The maximum atomic E-state index is 15.2. The minimum absolute atomic E-state index is 0.0987. The Balaban J connectivity index is 1.41. The van der Waals surface area contributed by atoms with Gasteiger partial charge in [-0.25, -0.2) is 23.8 Å². The van der Waals surface area contributed by atoms with Crippen molar-refractivity contribution >= 4 is 29.7 Å². The number of carboxylic acids is 1. The number of aromatic nitrogens is 1. The Morgan fingerprint density at radius 1 is 1.21 bits per heavy atom. The smallest absolute Gasteiger partial charge is 0.479 e. The molecule has 39 heavy (non-hydrogen) atoms. The van der Waals surface area contributed by atoms with E-state index in [2.05, 4.69) is 25.8 Å². The quantitative estimate of drug-likeness (QED) is 0.250. The van der Waals surface area contributed by atoms with Gasteiger partial charge >= 0.3 is 18.1 Å². The molecule has 3 N–H and O–H groups in total. The van der Waals surface area contributed by atoms with Crippen LogP contribution in [-0.4, -0.2) is 57.9 Å². The monoisotopic (exact) mass is 570 g/mol. The number of hydrogen-bond donors (Lipinski definition) is 2. The first-order chi connectivity index (χ1) is 18.3. The van der Waals surface area contributed by atoms with E-state index in [-0.39, 0.29) is 30.2 Å². The van der Waals surface area contributed by atoms with E-state index in [0.29, 0.717) is 24.0 Å². The Labute approximate surface area is 231 Å². The van der Waals surface area contributed by atoms with Crippen LogP contribution in [0, 0.1) is 29.6 Å². The summed E-state index contributed by atoms with van der Waals surface area (Å²) in [5.74, 6) is -4.35. The van der Waals surface area contributed by atoms with Gasteiger partial charge < -0.3 is 29.8 Å². The Kier molecular flexibility index (Phi) is 8.45. The van der Waals surface area contributed by atoms with E-state index < -0.39 is 53.5 Å². The third kappa shape index (κ3) is 5.71. The molecule has 1 aromatic heterocycles. The lowest BCUT2D eigenvalue weighted by atomic mass is 9.75. The lowest BCUT2D eigenvalue weighted by Crippen LogP contribution is -2.61. The number of nitrogens with two attached hydrogens (primary N) is 1. The molecule has 6 unspecified atom stereocenters. The highest BCUT2D eigenvalue weighted by Gasteiger charge is 2.85. The van der Waals surface area contributed by atoms with Crippen LogP contribution in [0.2, 0.25) is 5.15 Å². The second-order valence-corrected chi connectivity index (χ2v) is 11.8. The molecule has 0 aromatic carbocycles. The first kappa shape index (κ1) is 29.5. The molecule has 3 aliphatic rings. The normalized spacial score (nSPS) is 36.1. The zero-order valence-electron chi connectivity index (χ0n) is 22.5. The van der Waals surface area contributed by atoms with Gasteiger partial charge in [0.25, 0.3) is 0 Å². The molecule has 1 heterocycles. The zero-order valence-corrected chi connectivity index (χ0v) is 23.2. The van der Waals surface area contributed by atoms with Crippen LogP contribution in [0.4, 0.5) is 9.18 Å². The summed E-state index contributed by atoms with van der Waals surface area (Å²) in [5, 5.41) is 9.69. The summed E-state index contributed by atoms with van der Waals surface area (Å²) in [6, 6.07) is 4.89. The first-order valence-electron chi connectivity index (χ1n) is 13.3. The molecule has 4 rings (SSSR count). The van der Waals surface area contributed by atoms with Crippen LogP contribution in [0.3, 0.4) is 0 Å². The zero-order chi connectivity index (χ0) is 28.7. The van der Waals surface area contributed by atoms with Crippen molar-refractivity contribution in [2.24, 2.45) is 35.3 Å². The number of nitrogens with zero attached hydrogens (tertiary/aromatic N) is 1. The Hall–Kier alpha value is -2.50. The molecular formula is C27H36ClFN2O8. The molecule has 0 bridgehead atoms. The second-order valence-electron chi connectivity index (χ2n) is 11.4. The van der Waals surface area contributed by atoms with Gasteiger partial charge in [-0.1, -0.05) is 44.9 Å². The third-order valence-electron chi connectivity index (χ3n) is 8.43. The summed E-state index contributed by atoms with van der Waals surface area (Å²) in [4.78, 5) is 41.6. The second kappa shape index (κ2) is 11.2. The molecule has 3 saturated carbocycles. The van der Waals surface area contributed by atoms with E-state index in [1.165, 1.54) is 6.92 Å². The van der Waals surface area contributed by atoms with Crippen LogP contribution in [0.15, 0.2) is 18.2 Å². The summed E-state index contributed by atoms with van der Waals surface area (Å²) >= 11 is 5.91. The molecule has 0 aliphatic heterocycles. The first-order valence-corrected chi connectivity index (χ1v) is 13.7. The van der Waals surface area contributed by atoms with Crippen LogP contribution < -0.4 is 5.73 Å². The Bertz CT molecular complexity index is 1110. The number of alkyl halides is 1. The molecule has 0 saturated heterocycles. The molecule has 0 amide bonds. The van der Waals surface area contributed by atoms with Crippen molar-refractivity contribution in [3.8, 4) is 0 Å². The number of rotatable bonds is 9. The van der Waals surface area contributed by atoms with Crippen molar-refractivity contribution < 1.29 is 42.8 Å². The molecule has 0 radical (unpaired) electrons. The molecule has 1 aromatic rings. The number of esters is 1. The van der Waals surface area contributed by atoms with Crippen molar-refractivity contribution in [2.75, 3.05) is 0 Å². The predicted octanol–water partition coefficient (Wildman–Crippen LogP) is 4.26. The van der Waals surface area contributed by atoms with Crippen LogP contribution in [0.25, 0.3) is 0 Å². The van der Waals surface area contributed by atoms with Crippen molar-refractivity contribution in [2.45, 2.75) is 89.7 Å². The fraction of sp³-hybridized carbons (Fsp3) is 0.704. The molecular weight excluding hydrogens is 535 g/mol. The van der Waals surface area contributed by atoms with Gasteiger partial charge in [-0.05, 0) is 49.1 Å². The minimum atomic E-state index is -2.69. The lowest BCUT2D eigenvalue weighted by molar-refractivity contribution is -0.184. The van der Waals surface area contributed by atoms with E-state index in [9.17, 15) is 19.5 Å². The Morgan fingerprint density at radius 3 is 2.56 bits per heavy atom. The number of ether oxygens (including phenoxy) is 4. The fourth-order valence-corrected chi connectivity index (χ4v) is 6.51. The number of carbonyl (C=O) groups excluding carboxylic acids is 2. The molecule has 3 aliphatic carbocycles. The molecule has 10 nitrogen and oxygen atoms in total. The van der Waals surface area contributed by atoms with Gasteiger partial charge in [0.15, 0.2) is 0 Å². The number of aliphatic carboxylic acids is 1. The Morgan fingerprint density at radius 2 is 1.92 bits per heavy atom. The van der Waals surface area contributed by atoms with Crippen molar-refractivity contribution in [1.29, 1.82) is 0 Å². The fourth-order valence-electron chi connectivity index (χ4n) is 6.33. The van der Waals surface area contributed by atoms with Crippen LogP contribution in [-0.2, 0) is 35.1 Å². The number of carboxylic acid groups (broad SMARTS) is 1.